The lowest BCUT2D eigenvalue weighted by Crippen LogP contribution is -2.26. The molecule has 0 spiro atoms. The molecule has 0 aromatic carbocycles. The van der Waals surface area contributed by atoms with Gasteiger partial charge in [0.2, 0.25) is 5.91 Å². The molecule has 0 radical (unpaired) electrons. The number of nitrogens with one attached hydrogen (secondary N) is 2. The predicted molar refractivity (Wildman–Crippen MR) is 113 cm³/mol. The van der Waals surface area contributed by atoms with Gasteiger partial charge in [-0.25, -0.2) is 9.37 Å². The van der Waals surface area contributed by atoms with Crippen LogP contribution in [-0.2, 0) is 17.9 Å². The zero-order chi connectivity index (χ0) is 21.6. The molecule has 1 aliphatic rings. The average Bonchev–Trinajstić information content (AvgIpc) is 3.46. The van der Waals surface area contributed by atoms with E-state index < -0.39 is 5.67 Å². The van der Waals surface area contributed by atoms with Crippen molar-refractivity contribution in [2.24, 2.45) is 0 Å². The smallest absolute Gasteiger partial charge is 0.233 e. The van der Waals surface area contributed by atoms with Crippen LogP contribution in [0.3, 0.4) is 0 Å². The van der Waals surface area contributed by atoms with Gasteiger partial charge in [0, 0.05) is 30.0 Å². The Bertz CT molecular complexity index is 1250. The van der Waals surface area contributed by atoms with Crippen LogP contribution in [0.4, 0.5) is 10.1 Å². The minimum absolute atomic E-state index is 0.102. The van der Waals surface area contributed by atoms with Crippen molar-refractivity contribution in [1.29, 1.82) is 0 Å². The molecule has 1 unspecified atom stereocenters. The first-order chi connectivity index (χ1) is 14.9. The Hall–Kier alpha value is -3.56. The van der Waals surface area contributed by atoms with Gasteiger partial charge >= 0.3 is 0 Å². The van der Waals surface area contributed by atoms with E-state index in [0.717, 1.165) is 36.0 Å². The normalized spacial score (nSPS) is 16.4. The van der Waals surface area contributed by atoms with Crippen LogP contribution in [-0.4, -0.2) is 46.1 Å². The van der Waals surface area contributed by atoms with E-state index in [2.05, 4.69) is 30.6 Å². The van der Waals surface area contributed by atoms with Crippen LogP contribution in [0, 0.1) is 0 Å². The predicted octanol–water partition coefficient (Wildman–Crippen LogP) is 3.28. The Kier molecular flexibility index (Phi) is 4.57. The molecule has 4 aromatic rings. The Morgan fingerprint density at radius 2 is 2.19 bits per heavy atom. The van der Waals surface area contributed by atoms with Crippen LogP contribution in [0.1, 0.15) is 38.3 Å². The van der Waals surface area contributed by atoms with Crippen LogP contribution < -0.4 is 5.32 Å². The van der Waals surface area contributed by atoms with Gasteiger partial charge in [-0.3, -0.25) is 19.6 Å². The average molecular weight is 422 g/mol. The molecule has 31 heavy (non-hydrogen) atoms. The van der Waals surface area contributed by atoms with E-state index in [9.17, 15) is 9.18 Å². The maximum absolute atomic E-state index is 14.2. The molecule has 5 heterocycles. The number of fused-ring (bicyclic) bond motifs is 2. The fourth-order valence-electron chi connectivity index (χ4n) is 4.07. The quantitative estimate of drug-likeness (QED) is 0.513. The van der Waals surface area contributed by atoms with Crippen molar-refractivity contribution >= 4 is 22.5 Å². The lowest BCUT2D eigenvalue weighted by Gasteiger charge is -2.23. The van der Waals surface area contributed by atoms with Crippen molar-refractivity contribution < 1.29 is 9.18 Å². The minimum atomic E-state index is -1.40. The molecule has 1 atom stereocenters. The van der Waals surface area contributed by atoms with Crippen LogP contribution in [0.2, 0.25) is 0 Å². The number of hydrogen-bond acceptors (Lipinski definition) is 5. The zero-order valence-corrected chi connectivity index (χ0v) is 17.3. The molecule has 0 aliphatic carbocycles. The van der Waals surface area contributed by atoms with Gasteiger partial charge in [-0.2, -0.15) is 10.2 Å². The first-order valence-corrected chi connectivity index (χ1v) is 10.2. The molecule has 2 N–H and O–H groups in total. The van der Waals surface area contributed by atoms with E-state index in [0.29, 0.717) is 17.1 Å². The van der Waals surface area contributed by atoms with Gasteiger partial charge in [-0.1, -0.05) is 0 Å². The highest BCUT2D eigenvalue weighted by Crippen LogP contribution is 2.31. The summed E-state index contributed by atoms with van der Waals surface area (Å²) >= 11 is 0. The Labute approximate surface area is 177 Å². The van der Waals surface area contributed by atoms with Gasteiger partial charge in [-0.15, -0.1) is 0 Å². The third-order valence-corrected chi connectivity index (χ3v) is 5.52. The first-order valence-electron chi connectivity index (χ1n) is 10.2. The number of halogens is 1. The summed E-state index contributed by atoms with van der Waals surface area (Å²) in [5, 5.41) is 15.1. The number of rotatable bonds is 5. The van der Waals surface area contributed by atoms with Crippen LogP contribution in [0.5, 0.6) is 0 Å². The van der Waals surface area contributed by atoms with E-state index in [1.54, 1.807) is 35.8 Å². The number of aryl methyl sites for hydroxylation is 1. The topological polar surface area (TPSA) is 106 Å². The molecule has 9 nitrogen and oxygen atoms in total. The SMILES string of the molecule is CC(C)(F)Cn1ncc2cnc(-c3[nH]ncc3NC(=O)C3CCCn4cncc43)cc21. The molecule has 160 valence electrons. The number of carbonyl (C=O) groups is 1. The van der Waals surface area contributed by atoms with E-state index in [4.69, 9.17) is 0 Å². The summed E-state index contributed by atoms with van der Waals surface area (Å²) in [4.78, 5) is 21.7. The fourth-order valence-corrected chi connectivity index (χ4v) is 4.07. The fraction of sp³-hybridized carbons (Fsp3) is 0.381. The summed E-state index contributed by atoms with van der Waals surface area (Å²) in [6.45, 7) is 4.04. The van der Waals surface area contributed by atoms with Gasteiger partial charge < -0.3 is 9.88 Å². The van der Waals surface area contributed by atoms with E-state index in [-0.39, 0.29) is 18.4 Å². The molecule has 4 aromatic heterocycles. The second kappa shape index (κ2) is 7.29. The number of alkyl halides is 1. The molecule has 0 bridgehead atoms. The summed E-state index contributed by atoms with van der Waals surface area (Å²) in [6, 6.07) is 1.83. The van der Waals surface area contributed by atoms with Crippen molar-refractivity contribution in [1.82, 2.24) is 34.5 Å². The Morgan fingerprint density at radius 1 is 1.32 bits per heavy atom. The molecular formula is C21H23FN8O. The Balaban J connectivity index is 1.44. The molecule has 0 saturated heterocycles. The number of aromatic nitrogens is 7. The minimum Gasteiger partial charge on any atom is -0.334 e. The number of hydrogen-bond donors (Lipinski definition) is 2. The first kappa shape index (κ1) is 19.4. The standard InChI is InChI=1S/C21H23FN8O/c1-21(2,22)11-30-17-6-15(24-7-13(17)8-26-30)19-16(9-25-28-19)27-20(31)14-4-3-5-29-12-23-10-18(14)29/h6-10,12,14H,3-5,11H2,1-2H3,(H,25,28)(H,27,31). The van der Waals surface area contributed by atoms with Crippen molar-refractivity contribution in [3.05, 3.63) is 42.9 Å². The summed E-state index contributed by atoms with van der Waals surface area (Å²) in [6.07, 6.45) is 10.1. The molecular weight excluding hydrogens is 399 g/mol. The number of pyridine rings is 1. The second-order valence-corrected chi connectivity index (χ2v) is 8.50. The molecule has 1 aliphatic heterocycles. The molecule has 1 amide bonds. The highest BCUT2D eigenvalue weighted by molar-refractivity contribution is 5.98. The number of carbonyl (C=O) groups excluding carboxylic acids is 1. The Morgan fingerprint density at radius 3 is 3.03 bits per heavy atom. The van der Waals surface area contributed by atoms with Gasteiger partial charge in [0.15, 0.2) is 0 Å². The van der Waals surface area contributed by atoms with Gasteiger partial charge in [-0.05, 0) is 32.8 Å². The molecule has 0 fully saturated rings. The molecule has 10 heteroatoms. The number of H-pyrrole nitrogens is 1. The maximum Gasteiger partial charge on any atom is 0.233 e. The molecule has 0 saturated carbocycles. The number of amides is 1. The highest BCUT2D eigenvalue weighted by atomic mass is 19.1. The van der Waals surface area contributed by atoms with Gasteiger partial charge in [0.05, 0.1) is 48.1 Å². The van der Waals surface area contributed by atoms with Gasteiger partial charge in [0.25, 0.3) is 0 Å². The van der Waals surface area contributed by atoms with Crippen LogP contribution in [0.25, 0.3) is 22.3 Å². The van der Waals surface area contributed by atoms with Crippen LogP contribution >= 0.6 is 0 Å². The molecule has 5 rings (SSSR count). The van der Waals surface area contributed by atoms with Crippen molar-refractivity contribution in [2.45, 2.75) is 51.4 Å². The van der Waals surface area contributed by atoms with Crippen molar-refractivity contribution in [3.63, 3.8) is 0 Å². The summed E-state index contributed by atoms with van der Waals surface area (Å²) in [5.41, 5.74) is 2.01. The number of anilines is 1. The monoisotopic (exact) mass is 422 g/mol. The lowest BCUT2D eigenvalue weighted by molar-refractivity contribution is -0.118. The number of aromatic amines is 1. The van der Waals surface area contributed by atoms with Gasteiger partial charge in [0.1, 0.15) is 11.4 Å². The highest BCUT2D eigenvalue weighted by Gasteiger charge is 2.28. The second-order valence-electron chi connectivity index (χ2n) is 8.50. The largest absolute Gasteiger partial charge is 0.334 e. The summed E-state index contributed by atoms with van der Waals surface area (Å²) in [5.74, 6) is -0.364. The third kappa shape index (κ3) is 3.69. The van der Waals surface area contributed by atoms with Crippen molar-refractivity contribution in [2.75, 3.05) is 5.32 Å². The van der Waals surface area contributed by atoms with E-state index in [1.165, 1.54) is 13.8 Å². The zero-order valence-electron chi connectivity index (χ0n) is 17.3. The summed E-state index contributed by atoms with van der Waals surface area (Å²) < 4.78 is 17.8. The number of nitrogens with zero attached hydrogens (tertiary/aromatic N) is 6. The maximum atomic E-state index is 14.2. The number of imidazole rings is 1. The third-order valence-electron chi connectivity index (χ3n) is 5.52. The van der Waals surface area contributed by atoms with E-state index in [1.807, 2.05) is 10.6 Å². The summed E-state index contributed by atoms with van der Waals surface area (Å²) in [7, 11) is 0. The van der Waals surface area contributed by atoms with E-state index >= 15 is 0 Å². The van der Waals surface area contributed by atoms with Crippen LogP contribution in [0.15, 0.2) is 37.2 Å². The lowest BCUT2D eigenvalue weighted by atomic mass is 9.95. The van der Waals surface area contributed by atoms with Crippen molar-refractivity contribution in [3.8, 4) is 11.4 Å².